The Morgan fingerprint density at radius 1 is 1.36 bits per heavy atom. The molecule has 1 saturated heterocycles. The van der Waals surface area contributed by atoms with Crippen LogP contribution in [0.25, 0.3) is 0 Å². The zero-order valence-electron chi connectivity index (χ0n) is 15.9. The molecule has 154 valence electrons. The summed E-state index contributed by atoms with van der Waals surface area (Å²) in [5, 5.41) is 6.45. The zero-order valence-corrected chi connectivity index (χ0v) is 18.2. The number of hydrogen-bond donors (Lipinski definition) is 2. The lowest BCUT2D eigenvalue weighted by Gasteiger charge is -2.32. The summed E-state index contributed by atoms with van der Waals surface area (Å²) in [6, 6.07) is 5.35. The molecule has 0 amide bonds. The minimum Gasteiger partial charge on any atom is -0.354 e. The van der Waals surface area contributed by atoms with E-state index in [9.17, 15) is 13.2 Å². The first-order valence-electron chi connectivity index (χ1n) is 8.89. The highest BCUT2D eigenvalue weighted by molar-refractivity contribution is 14.0. The van der Waals surface area contributed by atoms with Gasteiger partial charge in [0.05, 0.1) is 12.1 Å². The molecule has 8 heteroatoms. The summed E-state index contributed by atoms with van der Waals surface area (Å²) in [6.45, 7) is 6.99. The van der Waals surface area contributed by atoms with Crippen LogP contribution in [0, 0.1) is 11.8 Å². The first-order valence-corrected chi connectivity index (χ1v) is 8.89. The zero-order chi connectivity index (χ0) is 19.7. The maximum Gasteiger partial charge on any atom is 0.416 e. The van der Waals surface area contributed by atoms with Crippen molar-refractivity contribution >= 4 is 29.9 Å². The Balaban J connectivity index is 0.00000392. The summed E-state index contributed by atoms with van der Waals surface area (Å²) in [4.78, 5) is 6.53. The number of likely N-dealkylation sites (tertiary alicyclic amines) is 1. The molecule has 0 bridgehead atoms. The largest absolute Gasteiger partial charge is 0.416 e. The lowest BCUT2D eigenvalue weighted by molar-refractivity contribution is -0.137. The highest BCUT2D eigenvalue weighted by Crippen LogP contribution is 2.29. The third-order valence-electron chi connectivity index (χ3n) is 4.31. The van der Waals surface area contributed by atoms with Crippen molar-refractivity contribution in [1.82, 2.24) is 15.5 Å². The summed E-state index contributed by atoms with van der Waals surface area (Å²) < 4.78 is 38.1. The molecule has 0 atom stereocenters. The van der Waals surface area contributed by atoms with Crippen LogP contribution in [0.5, 0.6) is 0 Å². The molecule has 0 unspecified atom stereocenters. The molecule has 4 nitrogen and oxygen atoms in total. The Morgan fingerprint density at radius 2 is 2.07 bits per heavy atom. The van der Waals surface area contributed by atoms with Crippen LogP contribution in [-0.4, -0.2) is 50.1 Å². The number of piperidine rings is 1. The number of guanidine groups is 1. The first kappa shape index (κ1) is 24.3. The van der Waals surface area contributed by atoms with Crippen molar-refractivity contribution in [1.29, 1.82) is 0 Å². The number of benzene rings is 1. The average molecular weight is 506 g/mol. The molecule has 28 heavy (non-hydrogen) atoms. The predicted octanol–water partition coefficient (Wildman–Crippen LogP) is 3.49. The van der Waals surface area contributed by atoms with Crippen molar-refractivity contribution in [2.45, 2.75) is 25.1 Å². The molecule has 0 radical (unpaired) electrons. The normalized spacial score (nSPS) is 15.8. The van der Waals surface area contributed by atoms with Gasteiger partial charge in [-0.15, -0.1) is 30.6 Å². The van der Waals surface area contributed by atoms with Crippen LogP contribution >= 0.6 is 24.0 Å². The van der Waals surface area contributed by atoms with E-state index in [1.165, 1.54) is 6.07 Å². The van der Waals surface area contributed by atoms with E-state index < -0.39 is 11.7 Å². The molecule has 1 aromatic carbocycles. The maximum absolute atomic E-state index is 12.7. The second kappa shape index (κ2) is 12.0. The fraction of sp³-hybridized carbons (Fsp3) is 0.450. The molecule has 2 N–H and O–H groups in total. The number of aliphatic imine (C=N–C) groups is 1. The number of halogens is 4. The van der Waals surface area contributed by atoms with Gasteiger partial charge in [-0.25, -0.2) is 0 Å². The van der Waals surface area contributed by atoms with Crippen LogP contribution in [0.2, 0.25) is 0 Å². The third-order valence-corrected chi connectivity index (χ3v) is 4.31. The van der Waals surface area contributed by atoms with Crippen LogP contribution in [0.15, 0.2) is 41.9 Å². The van der Waals surface area contributed by atoms with Gasteiger partial charge in [0, 0.05) is 38.3 Å². The Kier molecular flexibility index (Phi) is 10.4. The molecule has 2 rings (SSSR count). The molecule has 0 aliphatic carbocycles. The molecule has 1 heterocycles. The second-order valence-corrected chi connectivity index (χ2v) is 6.31. The molecule has 1 fully saturated rings. The fourth-order valence-corrected chi connectivity index (χ4v) is 2.88. The molecule has 0 spiro atoms. The van der Waals surface area contributed by atoms with Gasteiger partial charge in [0.1, 0.15) is 0 Å². The van der Waals surface area contributed by atoms with Crippen LogP contribution in [0.4, 0.5) is 13.2 Å². The van der Waals surface area contributed by atoms with Gasteiger partial charge in [0.2, 0.25) is 0 Å². The first-order chi connectivity index (χ1) is 12.9. The number of hydrogen-bond acceptors (Lipinski definition) is 2. The minimum absolute atomic E-state index is 0. The lowest BCUT2D eigenvalue weighted by Crippen LogP contribution is -2.48. The van der Waals surface area contributed by atoms with E-state index in [-0.39, 0.29) is 24.0 Å². The van der Waals surface area contributed by atoms with E-state index in [1.54, 1.807) is 13.1 Å². The van der Waals surface area contributed by atoms with E-state index in [0.29, 0.717) is 24.1 Å². The van der Waals surface area contributed by atoms with E-state index in [2.05, 4.69) is 38.9 Å². The van der Waals surface area contributed by atoms with Crippen LogP contribution in [-0.2, 0) is 6.18 Å². The summed E-state index contributed by atoms with van der Waals surface area (Å²) in [6.07, 6.45) is -0.407. The number of rotatable bonds is 4. The van der Waals surface area contributed by atoms with Gasteiger partial charge >= 0.3 is 6.18 Å². The minimum atomic E-state index is -4.36. The van der Waals surface area contributed by atoms with Gasteiger partial charge in [-0.3, -0.25) is 9.89 Å². The topological polar surface area (TPSA) is 39.7 Å². The Labute approximate surface area is 181 Å². The van der Waals surface area contributed by atoms with Gasteiger partial charge < -0.3 is 10.6 Å². The molecular weight excluding hydrogens is 480 g/mol. The van der Waals surface area contributed by atoms with Crippen molar-refractivity contribution < 1.29 is 13.2 Å². The number of nitrogens with zero attached hydrogens (tertiary/aromatic N) is 2. The van der Waals surface area contributed by atoms with Crippen molar-refractivity contribution in [2.24, 2.45) is 4.99 Å². The standard InChI is InChI=1S/C20H25F3N4.HI/c1-3-12-27-13-9-18(10-14-27)26-19(24-2)25-11-5-7-16-6-4-8-17(15-16)20(21,22)23;/h3-4,6,8,15,18H,1,9-14H2,2H3,(H2,24,25,26);1H. The van der Waals surface area contributed by atoms with Crippen molar-refractivity contribution in [3.05, 3.63) is 48.0 Å². The highest BCUT2D eigenvalue weighted by Gasteiger charge is 2.30. The maximum atomic E-state index is 12.7. The van der Waals surface area contributed by atoms with E-state index in [0.717, 1.165) is 44.6 Å². The Bertz CT molecular complexity index is 714. The van der Waals surface area contributed by atoms with Crippen molar-refractivity contribution in [3.8, 4) is 11.8 Å². The monoisotopic (exact) mass is 506 g/mol. The molecule has 1 aromatic rings. The molecule has 1 aliphatic rings. The molecule has 0 saturated carbocycles. The number of alkyl halides is 3. The lowest BCUT2D eigenvalue weighted by atomic mass is 10.1. The van der Waals surface area contributed by atoms with E-state index in [4.69, 9.17) is 0 Å². The van der Waals surface area contributed by atoms with Gasteiger partial charge in [0.25, 0.3) is 0 Å². The average Bonchev–Trinajstić information content (AvgIpc) is 2.65. The highest BCUT2D eigenvalue weighted by atomic mass is 127. The summed E-state index contributed by atoms with van der Waals surface area (Å²) in [5.74, 6) is 6.23. The summed E-state index contributed by atoms with van der Waals surface area (Å²) in [7, 11) is 1.68. The van der Waals surface area contributed by atoms with Gasteiger partial charge in [0.15, 0.2) is 5.96 Å². The van der Waals surface area contributed by atoms with Crippen LogP contribution in [0.1, 0.15) is 24.0 Å². The smallest absolute Gasteiger partial charge is 0.354 e. The molecule has 0 aromatic heterocycles. The van der Waals surface area contributed by atoms with E-state index >= 15 is 0 Å². The van der Waals surface area contributed by atoms with Gasteiger partial charge in [-0.05, 0) is 31.0 Å². The van der Waals surface area contributed by atoms with Crippen molar-refractivity contribution in [3.63, 3.8) is 0 Å². The predicted molar refractivity (Wildman–Crippen MR) is 118 cm³/mol. The summed E-state index contributed by atoms with van der Waals surface area (Å²) in [5.41, 5.74) is -0.355. The van der Waals surface area contributed by atoms with Gasteiger partial charge in [-0.2, -0.15) is 13.2 Å². The van der Waals surface area contributed by atoms with Crippen LogP contribution in [0.3, 0.4) is 0 Å². The van der Waals surface area contributed by atoms with Gasteiger partial charge in [-0.1, -0.05) is 24.0 Å². The molecular formula is C20H26F3IN4. The number of nitrogens with one attached hydrogen (secondary N) is 2. The third kappa shape index (κ3) is 8.10. The second-order valence-electron chi connectivity index (χ2n) is 6.31. The Morgan fingerprint density at radius 3 is 2.68 bits per heavy atom. The van der Waals surface area contributed by atoms with Crippen LogP contribution < -0.4 is 10.6 Å². The summed E-state index contributed by atoms with van der Waals surface area (Å²) >= 11 is 0. The SMILES string of the molecule is C=CCN1CCC(NC(=NC)NCC#Cc2cccc(C(F)(F)F)c2)CC1.I. The van der Waals surface area contributed by atoms with E-state index in [1.807, 2.05) is 6.08 Å². The fourth-order valence-electron chi connectivity index (χ4n) is 2.88. The Hall–Kier alpha value is -1.73. The quantitative estimate of drug-likeness (QED) is 0.216. The molecule has 1 aliphatic heterocycles. The van der Waals surface area contributed by atoms with Crippen molar-refractivity contribution in [2.75, 3.05) is 33.2 Å².